The van der Waals surface area contributed by atoms with Gasteiger partial charge in [-0.05, 0) is 11.6 Å². The quantitative estimate of drug-likeness (QED) is 0.829. The molecule has 1 rings (SSSR count). The number of carbonyl (C=O) groups is 1. The molecule has 0 aromatic heterocycles. The second-order valence-corrected chi connectivity index (χ2v) is 6.72. The van der Waals surface area contributed by atoms with Crippen LogP contribution in [0.15, 0.2) is 24.3 Å². The van der Waals surface area contributed by atoms with E-state index in [1.807, 2.05) is 0 Å². The first-order valence-electron chi connectivity index (χ1n) is 5.28. The van der Waals surface area contributed by atoms with E-state index in [9.17, 15) is 13.2 Å². The lowest BCUT2D eigenvalue weighted by Crippen LogP contribution is -2.21. The van der Waals surface area contributed by atoms with Gasteiger partial charge in [-0.3, -0.25) is 4.79 Å². The molecule has 1 aromatic carbocycles. The predicted octanol–water partition coefficient (Wildman–Crippen LogP) is 2.48. The third kappa shape index (κ3) is 4.48. The average Bonchev–Trinajstić information content (AvgIpc) is 2.20. The highest BCUT2D eigenvalue weighted by molar-refractivity contribution is 7.91. The Morgan fingerprint density at radius 3 is 2.41 bits per heavy atom. The zero-order valence-electron chi connectivity index (χ0n) is 9.81. The van der Waals surface area contributed by atoms with Crippen molar-refractivity contribution in [3.8, 4) is 0 Å². The molecular formula is C12H15ClO3S. The molecule has 0 heterocycles. The van der Waals surface area contributed by atoms with E-state index in [-0.39, 0.29) is 17.5 Å². The molecule has 17 heavy (non-hydrogen) atoms. The molecule has 0 radical (unpaired) electrons. The second kappa shape index (κ2) is 5.65. The lowest BCUT2D eigenvalue weighted by atomic mass is 10.1. The van der Waals surface area contributed by atoms with Gasteiger partial charge in [0.2, 0.25) is 0 Å². The van der Waals surface area contributed by atoms with Crippen LogP contribution in [0.4, 0.5) is 0 Å². The van der Waals surface area contributed by atoms with Crippen molar-refractivity contribution in [1.29, 1.82) is 0 Å². The minimum atomic E-state index is -3.44. The van der Waals surface area contributed by atoms with E-state index >= 15 is 0 Å². The highest BCUT2D eigenvalue weighted by Gasteiger charge is 2.20. The number of sulfone groups is 1. The minimum absolute atomic E-state index is 0.189. The second-order valence-electron chi connectivity index (χ2n) is 4.24. The molecule has 0 unspecified atom stereocenters. The molecule has 0 amide bonds. The summed E-state index contributed by atoms with van der Waals surface area (Å²) in [6.07, 6.45) is 0. The van der Waals surface area contributed by atoms with Gasteiger partial charge in [-0.1, -0.05) is 43.6 Å². The fourth-order valence-corrected chi connectivity index (χ4v) is 3.16. The van der Waals surface area contributed by atoms with E-state index in [1.165, 1.54) is 0 Å². The van der Waals surface area contributed by atoms with Gasteiger partial charge in [0.15, 0.2) is 9.84 Å². The first-order chi connectivity index (χ1) is 7.82. The number of ketones is 1. The molecule has 0 aliphatic carbocycles. The van der Waals surface area contributed by atoms with Crippen molar-refractivity contribution >= 4 is 27.2 Å². The number of rotatable bonds is 5. The summed E-state index contributed by atoms with van der Waals surface area (Å²) in [6, 6.07) is 6.75. The zero-order valence-corrected chi connectivity index (χ0v) is 11.4. The molecular weight excluding hydrogens is 260 g/mol. The van der Waals surface area contributed by atoms with Gasteiger partial charge in [0.05, 0.1) is 5.75 Å². The number of halogens is 1. The number of hydrogen-bond acceptors (Lipinski definition) is 3. The number of benzene rings is 1. The summed E-state index contributed by atoms with van der Waals surface area (Å²) in [5.41, 5.74) is 0.533. The summed E-state index contributed by atoms with van der Waals surface area (Å²) in [6.45, 7) is 3.38. The molecule has 3 nitrogen and oxygen atoms in total. The summed E-state index contributed by atoms with van der Waals surface area (Å²) in [5, 5.41) is 0.410. The molecule has 0 saturated heterocycles. The summed E-state index contributed by atoms with van der Waals surface area (Å²) >= 11 is 5.88. The third-order valence-electron chi connectivity index (χ3n) is 2.34. The Morgan fingerprint density at radius 2 is 1.88 bits per heavy atom. The van der Waals surface area contributed by atoms with Gasteiger partial charge in [0.25, 0.3) is 0 Å². The Labute approximate surface area is 107 Å². The van der Waals surface area contributed by atoms with E-state index < -0.39 is 15.6 Å². The molecule has 0 aliphatic rings. The molecule has 1 aromatic rings. The summed E-state index contributed by atoms with van der Waals surface area (Å²) in [4.78, 5) is 11.4. The van der Waals surface area contributed by atoms with Crippen LogP contribution in [0.25, 0.3) is 0 Å². The van der Waals surface area contributed by atoms with Gasteiger partial charge in [0, 0.05) is 10.9 Å². The largest absolute Gasteiger partial charge is 0.298 e. The predicted molar refractivity (Wildman–Crippen MR) is 68.8 cm³/mol. The number of carbonyl (C=O) groups excluding carboxylic acids is 1. The molecule has 0 fully saturated rings. The summed E-state index contributed by atoms with van der Waals surface area (Å²) < 4.78 is 23.6. The van der Waals surface area contributed by atoms with E-state index in [4.69, 9.17) is 11.6 Å². The first-order valence-corrected chi connectivity index (χ1v) is 7.48. The number of Topliss-reactive ketones (excluding diaryl/α,β-unsaturated/α-hetero) is 1. The van der Waals surface area contributed by atoms with Gasteiger partial charge in [-0.25, -0.2) is 8.42 Å². The molecule has 0 saturated carbocycles. The maximum absolute atomic E-state index is 11.8. The molecule has 0 N–H and O–H groups in total. The van der Waals surface area contributed by atoms with Crippen LogP contribution < -0.4 is 0 Å². The van der Waals surface area contributed by atoms with Gasteiger partial charge in [-0.15, -0.1) is 0 Å². The fraction of sp³-hybridized carbons (Fsp3) is 0.417. The van der Waals surface area contributed by atoms with Crippen molar-refractivity contribution < 1.29 is 13.2 Å². The monoisotopic (exact) mass is 274 g/mol. The van der Waals surface area contributed by atoms with Crippen LogP contribution >= 0.6 is 11.6 Å². The highest BCUT2D eigenvalue weighted by Crippen LogP contribution is 2.18. The van der Waals surface area contributed by atoms with Crippen molar-refractivity contribution in [1.82, 2.24) is 0 Å². The van der Waals surface area contributed by atoms with Crippen LogP contribution in [0.3, 0.4) is 0 Å². The van der Waals surface area contributed by atoms with Crippen LogP contribution in [-0.2, 0) is 20.4 Å². The molecule has 0 atom stereocenters. The maximum atomic E-state index is 11.8. The van der Waals surface area contributed by atoms with E-state index in [0.717, 1.165) is 0 Å². The maximum Gasteiger partial charge on any atom is 0.161 e. The highest BCUT2D eigenvalue weighted by atomic mass is 35.5. The van der Waals surface area contributed by atoms with Gasteiger partial charge >= 0.3 is 0 Å². The molecule has 0 spiro atoms. The third-order valence-corrected chi connectivity index (χ3v) is 4.18. The Kier molecular flexibility index (Phi) is 4.71. The molecule has 0 bridgehead atoms. The summed E-state index contributed by atoms with van der Waals surface area (Å²) in [7, 11) is -3.44. The zero-order chi connectivity index (χ0) is 13.1. The van der Waals surface area contributed by atoms with E-state index in [2.05, 4.69) is 0 Å². The van der Waals surface area contributed by atoms with Crippen LogP contribution in [0.2, 0.25) is 5.02 Å². The van der Waals surface area contributed by atoms with Crippen molar-refractivity contribution in [2.24, 2.45) is 5.92 Å². The van der Waals surface area contributed by atoms with E-state index in [0.29, 0.717) is 10.6 Å². The van der Waals surface area contributed by atoms with Crippen molar-refractivity contribution in [2.45, 2.75) is 19.6 Å². The van der Waals surface area contributed by atoms with Crippen molar-refractivity contribution in [3.05, 3.63) is 34.9 Å². The van der Waals surface area contributed by atoms with Crippen LogP contribution in [-0.4, -0.2) is 20.0 Å². The van der Waals surface area contributed by atoms with Gasteiger partial charge in [0.1, 0.15) is 11.5 Å². The Morgan fingerprint density at radius 1 is 1.29 bits per heavy atom. The lowest BCUT2D eigenvalue weighted by molar-refractivity contribution is -0.119. The normalized spacial score (nSPS) is 11.8. The topological polar surface area (TPSA) is 51.2 Å². The van der Waals surface area contributed by atoms with Crippen LogP contribution in [0.5, 0.6) is 0 Å². The Hall–Kier alpha value is -0.870. The van der Waals surface area contributed by atoms with Crippen molar-refractivity contribution in [2.75, 3.05) is 5.75 Å². The van der Waals surface area contributed by atoms with Gasteiger partial charge < -0.3 is 0 Å². The smallest absolute Gasteiger partial charge is 0.161 e. The Bertz CT molecular complexity index is 506. The number of hydrogen-bond donors (Lipinski definition) is 0. The molecule has 5 heteroatoms. The lowest BCUT2D eigenvalue weighted by Gasteiger charge is -2.07. The standard InChI is InChI=1S/C12H15ClO3S/c1-9(2)12(14)8-17(15,16)7-10-5-3-4-6-11(10)13/h3-6,9H,7-8H2,1-2H3. The first kappa shape index (κ1) is 14.2. The van der Waals surface area contributed by atoms with Crippen LogP contribution in [0, 0.1) is 5.92 Å². The molecule has 0 aliphatic heterocycles. The molecule has 94 valence electrons. The fourth-order valence-electron chi connectivity index (χ4n) is 1.29. The Balaban J connectivity index is 2.81. The van der Waals surface area contributed by atoms with Gasteiger partial charge in [-0.2, -0.15) is 0 Å². The average molecular weight is 275 g/mol. The van der Waals surface area contributed by atoms with Crippen molar-refractivity contribution in [3.63, 3.8) is 0 Å². The minimum Gasteiger partial charge on any atom is -0.298 e. The summed E-state index contributed by atoms with van der Waals surface area (Å²) in [5.74, 6) is -1.14. The van der Waals surface area contributed by atoms with E-state index in [1.54, 1.807) is 38.1 Å². The van der Waals surface area contributed by atoms with Crippen LogP contribution in [0.1, 0.15) is 19.4 Å². The SMILES string of the molecule is CC(C)C(=O)CS(=O)(=O)Cc1ccccc1Cl.